The number of carbonyl (C=O) groups excluding carboxylic acids is 1. The van der Waals surface area contributed by atoms with Crippen molar-refractivity contribution < 1.29 is 32.2 Å². The van der Waals surface area contributed by atoms with Crippen molar-refractivity contribution in [3.05, 3.63) is 42.5 Å². The molecular weight excluding hydrogens is 447 g/mol. The van der Waals surface area contributed by atoms with Crippen molar-refractivity contribution in [2.75, 3.05) is 30.5 Å². The van der Waals surface area contributed by atoms with Crippen molar-refractivity contribution >= 4 is 38.4 Å². The number of aromatic nitrogens is 1. The van der Waals surface area contributed by atoms with E-state index >= 15 is 0 Å². The van der Waals surface area contributed by atoms with Crippen LogP contribution in [0.4, 0.5) is 28.8 Å². The number of urea groups is 1. The van der Waals surface area contributed by atoms with Crippen molar-refractivity contribution in [1.29, 1.82) is 0 Å². The van der Waals surface area contributed by atoms with E-state index in [0.717, 1.165) is 24.2 Å². The van der Waals surface area contributed by atoms with Gasteiger partial charge in [-0.25, -0.2) is 9.78 Å². The van der Waals surface area contributed by atoms with Gasteiger partial charge in [0.2, 0.25) is 0 Å². The number of methoxy groups -OCH3 is 1. The van der Waals surface area contributed by atoms with Gasteiger partial charge in [0.25, 0.3) is 0 Å². The predicted octanol–water partition coefficient (Wildman–Crippen LogP) is 5.42. The number of carbonyl (C=O) groups is 1. The van der Waals surface area contributed by atoms with E-state index in [-0.39, 0.29) is 18.4 Å². The number of ether oxygens (including phenoxy) is 3. The van der Waals surface area contributed by atoms with Crippen molar-refractivity contribution in [3.8, 4) is 11.5 Å². The van der Waals surface area contributed by atoms with Crippen molar-refractivity contribution in [2.45, 2.75) is 25.3 Å². The number of nitrogens with one attached hydrogen (secondary N) is 1. The highest BCUT2D eigenvalue weighted by Gasteiger charge is 2.31. The molecule has 3 aromatic rings. The van der Waals surface area contributed by atoms with Gasteiger partial charge in [-0.05, 0) is 37.1 Å². The smallest absolute Gasteiger partial charge is 0.497 e. The summed E-state index contributed by atoms with van der Waals surface area (Å²) in [6.45, 7) is 0.884. The number of alkyl halides is 3. The Bertz CT molecular complexity index is 1100. The Balaban J connectivity index is 1.61. The number of hydrogen-bond acceptors (Lipinski definition) is 6. The maximum atomic E-state index is 13.1. The van der Waals surface area contributed by atoms with Crippen LogP contribution in [0.2, 0.25) is 0 Å². The average Bonchev–Trinajstić information content (AvgIpc) is 3.40. The zero-order chi connectivity index (χ0) is 22.7. The Morgan fingerprint density at radius 2 is 2.12 bits per heavy atom. The molecule has 32 heavy (non-hydrogen) atoms. The van der Waals surface area contributed by atoms with Gasteiger partial charge in [0.05, 0.1) is 30.0 Å². The SMILES string of the molecule is COc1cccc(NC(=O)N(CC2CCCO2)c2nc3ccc(OC(F)(F)F)cc3s2)c1. The Morgan fingerprint density at radius 1 is 1.28 bits per heavy atom. The predicted molar refractivity (Wildman–Crippen MR) is 115 cm³/mol. The molecule has 170 valence electrons. The van der Waals surface area contributed by atoms with Crippen LogP contribution in [0.3, 0.4) is 0 Å². The number of rotatable bonds is 6. The van der Waals surface area contributed by atoms with E-state index in [1.807, 2.05) is 0 Å². The molecule has 0 radical (unpaired) electrons. The van der Waals surface area contributed by atoms with Gasteiger partial charge in [0.15, 0.2) is 5.13 Å². The molecule has 1 saturated heterocycles. The number of fused-ring (bicyclic) bond motifs is 1. The first-order valence-corrected chi connectivity index (χ1v) is 10.6. The largest absolute Gasteiger partial charge is 0.573 e. The first-order valence-electron chi connectivity index (χ1n) is 9.81. The molecule has 11 heteroatoms. The minimum absolute atomic E-state index is 0.151. The fraction of sp³-hybridized carbons (Fsp3) is 0.333. The highest BCUT2D eigenvalue weighted by atomic mass is 32.1. The molecule has 7 nitrogen and oxygen atoms in total. The number of halogens is 3. The second-order valence-corrected chi connectivity index (χ2v) is 8.09. The lowest BCUT2D eigenvalue weighted by Crippen LogP contribution is -2.40. The third-order valence-electron chi connectivity index (χ3n) is 4.79. The van der Waals surface area contributed by atoms with Gasteiger partial charge >= 0.3 is 12.4 Å². The third kappa shape index (κ3) is 5.40. The Kier molecular flexibility index (Phi) is 6.38. The van der Waals surface area contributed by atoms with Crippen molar-refractivity contribution in [3.63, 3.8) is 0 Å². The molecule has 2 heterocycles. The first-order chi connectivity index (χ1) is 15.3. The van der Waals surface area contributed by atoms with E-state index in [4.69, 9.17) is 9.47 Å². The van der Waals surface area contributed by atoms with Crippen LogP contribution in [0, 0.1) is 0 Å². The summed E-state index contributed by atoms with van der Waals surface area (Å²) in [5.41, 5.74) is 1.000. The number of thiazole rings is 1. The summed E-state index contributed by atoms with van der Waals surface area (Å²) in [7, 11) is 1.53. The summed E-state index contributed by atoms with van der Waals surface area (Å²) in [6.07, 6.45) is -3.24. The molecule has 1 atom stereocenters. The molecule has 0 saturated carbocycles. The van der Waals surface area contributed by atoms with Crippen LogP contribution in [0.1, 0.15) is 12.8 Å². The highest BCUT2D eigenvalue weighted by molar-refractivity contribution is 7.22. The molecule has 1 fully saturated rings. The second kappa shape index (κ2) is 9.21. The molecule has 1 aliphatic rings. The van der Waals surface area contributed by atoms with Crippen LogP contribution >= 0.6 is 11.3 Å². The zero-order valence-electron chi connectivity index (χ0n) is 17.0. The zero-order valence-corrected chi connectivity index (χ0v) is 17.8. The molecule has 4 rings (SSSR count). The van der Waals surface area contributed by atoms with E-state index < -0.39 is 12.4 Å². The van der Waals surface area contributed by atoms with Gasteiger partial charge in [-0.1, -0.05) is 17.4 Å². The van der Waals surface area contributed by atoms with Crippen molar-refractivity contribution in [1.82, 2.24) is 4.98 Å². The highest BCUT2D eigenvalue weighted by Crippen LogP contribution is 2.34. The van der Waals surface area contributed by atoms with Crippen LogP contribution < -0.4 is 19.7 Å². The van der Waals surface area contributed by atoms with Gasteiger partial charge in [-0.3, -0.25) is 4.90 Å². The second-order valence-electron chi connectivity index (χ2n) is 7.08. The van der Waals surface area contributed by atoms with E-state index in [0.29, 0.717) is 33.4 Å². The molecular formula is C21H20F3N3O4S. The summed E-state index contributed by atoms with van der Waals surface area (Å²) in [6, 6.07) is 10.4. The Hall–Kier alpha value is -3.05. The molecule has 1 unspecified atom stereocenters. The van der Waals surface area contributed by atoms with E-state index in [1.54, 1.807) is 24.3 Å². The van der Waals surface area contributed by atoms with Gasteiger partial charge in [0, 0.05) is 24.4 Å². The fourth-order valence-electron chi connectivity index (χ4n) is 3.34. The Morgan fingerprint density at radius 3 is 2.84 bits per heavy atom. The normalized spacial score (nSPS) is 16.2. The first kappa shape index (κ1) is 22.2. The number of benzene rings is 2. The van der Waals surface area contributed by atoms with E-state index in [9.17, 15) is 18.0 Å². The summed E-state index contributed by atoms with van der Waals surface area (Å²) in [5.74, 6) is 0.248. The molecule has 2 aromatic carbocycles. The lowest BCUT2D eigenvalue weighted by Gasteiger charge is -2.23. The number of hydrogen-bond donors (Lipinski definition) is 1. The molecule has 1 aliphatic heterocycles. The Labute approximate surface area is 185 Å². The lowest BCUT2D eigenvalue weighted by molar-refractivity contribution is -0.274. The van der Waals surface area contributed by atoms with Gasteiger partial charge in [-0.2, -0.15) is 0 Å². The summed E-state index contributed by atoms with van der Waals surface area (Å²) >= 11 is 1.10. The molecule has 0 bridgehead atoms. The number of amides is 2. The topological polar surface area (TPSA) is 72.9 Å². The summed E-state index contributed by atoms with van der Waals surface area (Å²) in [5, 5.41) is 3.17. The average molecular weight is 467 g/mol. The van der Waals surface area contributed by atoms with Gasteiger partial charge in [-0.15, -0.1) is 13.2 Å². The number of nitrogens with zero attached hydrogens (tertiary/aromatic N) is 2. The van der Waals surface area contributed by atoms with E-state index in [1.165, 1.54) is 30.2 Å². The van der Waals surface area contributed by atoms with Gasteiger partial charge in [0.1, 0.15) is 11.5 Å². The molecule has 2 amide bonds. The van der Waals surface area contributed by atoms with Crippen LogP contribution in [-0.4, -0.2) is 43.7 Å². The van der Waals surface area contributed by atoms with Crippen molar-refractivity contribution in [2.24, 2.45) is 0 Å². The molecule has 0 spiro atoms. The monoisotopic (exact) mass is 467 g/mol. The minimum atomic E-state index is -4.79. The molecule has 1 N–H and O–H groups in total. The lowest BCUT2D eigenvalue weighted by atomic mass is 10.2. The third-order valence-corrected chi connectivity index (χ3v) is 5.83. The summed E-state index contributed by atoms with van der Waals surface area (Å²) in [4.78, 5) is 19.0. The summed E-state index contributed by atoms with van der Waals surface area (Å²) < 4.78 is 53.0. The van der Waals surface area contributed by atoms with Crippen LogP contribution in [0.25, 0.3) is 10.2 Å². The quantitative estimate of drug-likeness (QED) is 0.524. The standard InChI is InChI=1S/C21H20F3N3O4S/c1-29-14-5-2-4-13(10-14)25-19(28)27(12-16-6-3-9-30-16)20-26-17-8-7-15(11-18(17)32-20)31-21(22,23)24/h2,4-5,7-8,10-11,16H,3,6,9,12H2,1H3,(H,25,28). The molecule has 0 aliphatic carbocycles. The van der Waals surface area contributed by atoms with Crippen LogP contribution in [-0.2, 0) is 4.74 Å². The number of anilines is 2. The minimum Gasteiger partial charge on any atom is -0.497 e. The van der Waals surface area contributed by atoms with Crippen LogP contribution in [0.5, 0.6) is 11.5 Å². The van der Waals surface area contributed by atoms with E-state index in [2.05, 4.69) is 15.0 Å². The van der Waals surface area contributed by atoms with Crippen LogP contribution in [0.15, 0.2) is 42.5 Å². The molecule has 1 aromatic heterocycles. The van der Waals surface area contributed by atoms with Gasteiger partial charge < -0.3 is 19.5 Å². The maximum absolute atomic E-state index is 13.1. The maximum Gasteiger partial charge on any atom is 0.573 e. The fourth-order valence-corrected chi connectivity index (χ4v) is 4.34.